The van der Waals surface area contributed by atoms with E-state index in [9.17, 15) is 4.79 Å². The smallest absolute Gasteiger partial charge is 0.325 e. The van der Waals surface area contributed by atoms with E-state index in [2.05, 4.69) is 21.9 Å². The summed E-state index contributed by atoms with van der Waals surface area (Å²) < 4.78 is 0.936. The fourth-order valence-electron chi connectivity index (χ4n) is 1.36. The van der Waals surface area contributed by atoms with Gasteiger partial charge in [-0.05, 0) is 17.7 Å². The van der Waals surface area contributed by atoms with Crippen LogP contribution in [0, 0.1) is 12.3 Å². The van der Waals surface area contributed by atoms with Crippen LogP contribution in [0.15, 0.2) is 28.7 Å². The third-order valence-electron chi connectivity index (χ3n) is 2.28. The minimum atomic E-state index is -1.39. The van der Waals surface area contributed by atoms with Gasteiger partial charge in [-0.3, -0.25) is 4.79 Å². The van der Waals surface area contributed by atoms with Crippen LogP contribution < -0.4 is 5.73 Å². The van der Waals surface area contributed by atoms with Crippen LogP contribution in [0.5, 0.6) is 0 Å². The Labute approximate surface area is 103 Å². The van der Waals surface area contributed by atoms with Gasteiger partial charge >= 0.3 is 5.97 Å². The van der Waals surface area contributed by atoms with Gasteiger partial charge in [0, 0.05) is 17.3 Å². The first-order chi connectivity index (χ1) is 7.48. The largest absolute Gasteiger partial charge is 0.480 e. The summed E-state index contributed by atoms with van der Waals surface area (Å²) in [5.41, 5.74) is 5.23. The summed E-state index contributed by atoms with van der Waals surface area (Å²) in [7, 11) is 0. The van der Waals surface area contributed by atoms with Crippen molar-refractivity contribution in [2.75, 3.05) is 0 Å². The molecular formula is C12H12BrNO2. The van der Waals surface area contributed by atoms with Crippen molar-refractivity contribution >= 4 is 21.9 Å². The second-order valence-corrected chi connectivity index (χ2v) is 4.56. The van der Waals surface area contributed by atoms with Crippen LogP contribution in [0.25, 0.3) is 0 Å². The van der Waals surface area contributed by atoms with Crippen molar-refractivity contribution in [2.45, 2.75) is 18.4 Å². The van der Waals surface area contributed by atoms with E-state index in [-0.39, 0.29) is 12.8 Å². The van der Waals surface area contributed by atoms with Crippen molar-refractivity contribution in [3.8, 4) is 12.3 Å². The molecule has 1 aromatic carbocycles. The maximum Gasteiger partial charge on any atom is 0.325 e. The van der Waals surface area contributed by atoms with Crippen molar-refractivity contribution in [3.05, 3.63) is 34.3 Å². The molecule has 0 aromatic heterocycles. The van der Waals surface area contributed by atoms with Crippen LogP contribution in [0.3, 0.4) is 0 Å². The Morgan fingerprint density at radius 1 is 1.50 bits per heavy atom. The van der Waals surface area contributed by atoms with Gasteiger partial charge in [0.2, 0.25) is 0 Å². The number of aliphatic carboxylic acids is 1. The summed E-state index contributed by atoms with van der Waals surface area (Å²) in [5, 5.41) is 9.05. The van der Waals surface area contributed by atoms with Gasteiger partial charge in [-0.25, -0.2) is 0 Å². The Balaban J connectivity index is 2.88. The predicted octanol–water partition coefficient (Wildman–Crippen LogP) is 1.80. The predicted molar refractivity (Wildman–Crippen MR) is 65.9 cm³/mol. The molecule has 0 amide bonds. The molecule has 0 aliphatic rings. The molecule has 4 heteroatoms. The molecule has 0 fully saturated rings. The quantitative estimate of drug-likeness (QED) is 0.828. The molecule has 3 nitrogen and oxygen atoms in total. The molecule has 1 aromatic rings. The molecular weight excluding hydrogens is 270 g/mol. The molecule has 0 aliphatic carbocycles. The van der Waals surface area contributed by atoms with E-state index in [1.807, 2.05) is 24.3 Å². The number of benzene rings is 1. The highest BCUT2D eigenvalue weighted by atomic mass is 79.9. The molecule has 1 atom stereocenters. The molecule has 0 saturated heterocycles. The number of halogens is 1. The Bertz CT molecular complexity index is 422. The van der Waals surface area contributed by atoms with Crippen LogP contribution >= 0.6 is 15.9 Å². The van der Waals surface area contributed by atoms with E-state index < -0.39 is 11.5 Å². The van der Waals surface area contributed by atoms with Gasteiger partial charge in [0.15, 0.2) is 0 Å². The SMILES string of the molecule is C#CC[C@](N)(Cc1ccc(Br)cc1)C(=O)O. The van der Waals surface area contributed by atoms with Gasteiger partial charge in [-0.2, -0.15) is 0 Å². The molecule has 0 heterocycles. The minimum absolute atomic E-state index is 0.0123. The maximum absolute atomic E-state index is 11.1. The van der Waals surface area contributed by atoms with Gasteiger partial charge in [-0.1, -0.05) is 28.1 Å². The number of carboxylic acids is 1. The zero-order valence-electron chi connectivity index (χ0n) is 8.61. The summed E-state index contributed by atoms with van der Waals surface area (Å²) >= 11 is 3.30. The van der Waals surface area contributed by atoms with E-state index in [0.29, 0.717) is 0 Å². The fraction of sp³-hybridized carbons (Fsp3) is 0.250. The van der Waals surface area contributed by atoms with Crippen molar-refractivity contribution in [1.29, 1.82) is 0 Å². The molecule has 84 valence electrons. The topological polar surface area (TPSA) is 63.3 Å². The summed E-state index contributed by atoms with van der Waals surface area (Å²) in [5.74, 6) is 1.23. The number of carboxylic acid groups (broad SMARTS) is 1. The molecule has 0 radical (unpaired) electrons. The zero-order valence-corrected chi connectivity index (χ0v) is 10.2. The van der Waals surface area contributed by atoms with Gasteiger partial charge in [-0.15, -0.1) is 12.3 Å². The normalized spacial score (nSPS) is 13.8. The fourth-order valence-corrected chi connectivity index (χ4v) is 1.63. The Morgan fingerprint density at radius 2 is 2.06 bits per heavy atom. The Morgan fingerprint density at radius 3 is 2.50 bits per heavy atom. The van der Waals surface area contributed by atoms with Crippen molar-refractivity contribution in [3.63, 3.8) is 0 Å². The number of terminal acetylenes is 1. The van der Waals surface area contributed by atoms with Gasteiger partial charge in [0.05, 0.1) is 0 Å². The third kappa shape index (κ3) is 3.09. The van der Waals surface area contributed by atoms with Crippen LogP contribution in [-0.4, -0.2) is 16.6 Å². The van der Waals surface area contributed by atoms with Crippen LogP contribution in [0.4, 0.5) is 0 Å². The lowest BCUT2D eigenvalue weighted by Crippen LogP contribution is -2.49. The second kappa shape index (κ2) is 5.15. The number of rotatable bonds is 4. The molecule has 0 spiro atoms. The summed E-state index contributed by atoms with van der Waals surface area (Å²) in [6.07, 6.45) is 5.36. The lowest BCUT2D eigenvalue weighted by atomic mass is 9.89. The highest BCUT2D eigenvalue weighted by molar-refractivity contribution is 9.10. The molecule has 0 unspecified atom stereocenters. The summed E-state index contributed by atoms with van der Waals surface area (Å²) in [6, 6.07) is 7.33. The first kappa shape index (κ1) is 12.8. The van der Waals surface area contributed by atoms with Gasteiger partial charge in [0.1, 0.15) is 5.54 Å². The molecule has 16 heavy (non-hydrogen) atoms. The average molecular weight is 282 g/mol. The van der Waals surface area contributed by atoms with Gasteiger partial charge in [0.25, 0.3) is 0 Å². The van der Waals surface area contributed by atoms with Crippen molar-refractivity contribution in [2.24, 2.45) is 5.73 Å². The van der Waals surface area contributed by atoms with Crippen LogP contribution in [-0.2, 0) is 11.2 Å². The first-order valence-corrected chi connectivity index (χ1v) is 5.47. The lowest BCUT2D eigenvalue weighted by molar-refractivity contribution is -0.143. The standard InChI is InChI=1S/C12H12BrNO2/c1-2-7-12(14,11(15)16)8-9-3-5-10(13)6-4-9/h1,3-6H,7-8,14H2,(H,15,16)/t12-/m0/s1. The first-order valence-electron chi connectivity index (χ1n) is 4.68. The lowest BCUT2D eigenvalue weighted by Gasteiger charge is -2.22. The van der Waals surface area contributed by atoms with E-state index in [4.69, 9.17) is 17.3 Å². The Hall–Kier alpha value is -1.31. The minimum Gasteiger partial charge on any atom is -0.480 e. The molecule has 0 aliphatic heterocycles. The average Bonchev–Trinajstić information content (AvgIpc) is 2.22. The molecule has 3 N–H and O–H groups in total. The van der Waals surface area contributed by atoms with E-state index in [0.717, 1.165) is 10.0 Å². The molecule has 1 rings (SSSR count). The monoisotopic (exact) mass is 281 g/mol. The number of carbonyl (C=O) groups is 1. The number of hydrogen-bond acceptors (Lipinski definition) is 2. The number of hydrogen-bond donors (Lipinski definition) is 2. The maximum atomic E-state index is 11.1. The van der Waals surface area contributed by atoms with E-state index in [1.54, 1.807) is 0 Å². The van der Waals surface area contributed by atoms with Crippen LogP contribution in [0.2, 0.25) is 0 Å². The third-order valence-corrected chi connectivity index (χ3v) is 2.80. The number of nitrogens with two attached hydrogens (primary N) is 1. The molecule has 0 saturated carbocycles. The Kier molecular flexibility index (Phi) is 4.11. The highest BCUT2D eigenvalue weighted by Crippen LogP contribution is 2.17. The van der Waals surface area contributed by atoms with Crippen molar-refractivity contribution in [1.82, 2.24) is 0 Å². The zero-order chi connectivity index (χ0) is 12.2. The van der Waals surface area contributed by atoms with Gasteiger partial charge < -0.3 is 10.8 Å². The molecule has 0 bridgehead atoms. The summed E-state index contributed by atoms with van der Waals surface area (Å²) in [6.45, 7) is 0. The van der Waals surface area contributed by atoms with E-state index >= 15 is 0 Å². The van der Waals surface area contributed by atoms with Crippen molar-refractivity contribution < 1.29 is 9.90 Å². The second-order valence-electron chi connectivity index (χ2n) is 3.65. The van der Waals surface area contributed by atoms with E-state index in [1.165, 1.54) is 0 Å². The van der Waals surface area contributed by atoms with Crippen LogP contribution in [0.1, 0.15) is 12.0 Å². The highest BCUT2D eigenvalue weighted by Gasteiger charge is 2.33. The summed E-state index contributed by atoms with van der Waals surface area (Å²) in [4.78, 5) is 11.1.